The molecule has 0 unspecified atom stereocenters. The molecule has 5 heteroatoms. The van der Waals surface area contributed by atoms with Gasteiger partial charge in [-0.25, -0.2) is 4.79 Å². The molecule has 5 nitrogen and oxygen atoms in total. The molecular weight excluding hydrogens is 174 g/mol. The second-order valence-corrected chi connectivity index (χ2v) is 2.70. The molecule has 0 aromatic carbocycles. The van der Waals surface area contributed by atoms with Crippen LogP contribution in [0, 0.1) is 0 Å². The van der Waals surface area contributed by atoms with Gasteiger partial charge in [-0.2, -0.15) is 0 Å². The number of nitrogens with one attached hydrogen (secondary N) is 1. The predicted octanol–water partition coefficient (Wildman–Crippen LogP) is -0.490. The molecule has 1 fully saturated rings. The summed E-state index contributed by atoms with van der Waals surface area (Å²) in [5.41, 5.74) is 0. The monoisotopic (exact) mass is 189 g/mol. The fourth-order valence-corrected chi connectivity index (χ4v) is 1.12. The first-order valence-corrected chi connectivity index (χ1v) is 4.33. The topological polar surface area (TPSA) is 56.8 Å². The normalized spacial score (nSPS) is 28.5. The number of hydrogen-bond donors (Lipinski definition) is 1. The van der Waals surface area contributed by atoms with Crippen LogP contribution in [-0.2, 0) is 19.0 Å². The second kappa shape index (κ2) is 5.16. The van der Waals surface area contributed by atoms with Crippen LogP contribution in [0.5, 0.6) is 0 Å². The zero-order valence-corrected chi connectivity index (χ0v) is 7.91. The molecule has 0 radical (unpaired) electrons. The number of methoxy groups -OCH3 is 1. The molecule has 1 rings (SSSR count). The van der Waals surface area contributed by atoms with Crippen LogP contribution in [0.3, 0.4) is 0 Å². The Bertz CT molecular complexity index is 174. The molecule has 0 aromatic heterocycles. The Morgan fingerprint density at radius 2 is 2.38 bits per heavy atom. The van der Waals surface area contributed by atoms with Crippen LogP contribution in [-0.4, -0.2) is 45.2 Å². The van der Waals surface area contributed by atoms with Gasteiger partial charge in [-0.05, 0) is 6.92 Å². The van der Waals surface area contributed by atoms with Crippen LogP contribution in [0.1, 0.15) is 6.92 Å². The first-order valence-electron chi connectivity index (χ1n) is 4.33. The summed E-state index contributed by atoms with van der Waals surface area (Å²) in [5, 5.41) is 3.02. The van der Waals surface area contributed by atoms with Crippen LogP contribution >= 0.6 is 0 Å². The van der Waals surface area contributed by atoms with Crippen LogP contribution in [0.2, 0.25) is 0 Å². The van der Waals surface area contributed by atoms with E-state index in [0.717, 1.165) is 0 Å². The number of ether oxygens (including phenoxy) is 3. The molecule has 0 bridgehead atoms. The highest BCUT2D eigenvalue weighted by Crippen LogP contribution is 2.05. The van der Waals surface area contributed by atoms with E-state index in [1.54, 1.807) is 14.0 Å². The molecule has 1 heterocycles. The molecule has 1 aliphatic heterocycles. The SMILES string of the molecule is CCOC(=O)[C@@H]1CNC[C@@H](OC)O1. The third-order valence-electron chi connectivity index (χ3n) is 1.77. The molecule has 1 saturated heterocycles. The lowest BCUT2D eigenvalue weighted by Gasteiger charge is -2.28. The Kier molecular flexibility index (Phi) is 4.14. The van der Waals surface area contributed by atoms with Gasteiger partial charge in [-0.15, -0.1) is 0 Å². The fourth-order valence-electron chi connectivity index (χ4n) is 1.12. The maximum absolute atomic E-state index is 11.2. The number of carbonyl (C=O) groups excluding carboxylic acids is 1. The summed E-state index contributed by atoms with van der Waals surface area (Å²) >= 11 is 0. The minimum Gasteiger partial charge on any atom is -0.464 e. The summed E-state index contributed by atoms with van der Waals surface area (Å²) in [7, 11) is 1.54. The van der Waals surface area contributed by atoms with Crippen molar-refractivity contribution in [2.24, 2.45) is 0 Å². The zero-order valence-electron chi connectivity index (χ0n) is 7.91. The Hall–Kier alpha value is -0.650. The summed E-state index contributed by atoms with van der Waals surface area (Å²) < 4.78 is 15.1. The zero-order chi connectivity index (χ0) is 9.68. The molecule has 0 aromatic rings. The molecule has 1 N–H and O–H groups in total. The van der Waals surface area contributed by atoms with Gasteiger partial charge in [0.1, 0.15) is 0 Å². The van der Waals surface area contributed by atoms with E-state index in [2.05, 4.69) is 5.32 Å². The van der Waals surface area contributed by atoms with Crippen LogP contribution in [0.25, 0.3) is 0 Å². The van der Waals surface area contributed by atoms with E-state index in [4.69, 9.17) is 14.2 Å². The summed E-state index contributed by atoms with van der Waals surface area (Å²) in [4.78, 5) is 11.2. The van der Waals surface area contributed by atoms with Crippen LogP contribution in [0.4, 0.5) is 0 Å². The van der Waals surface area contributed by atoms with Crippen LogP contribution < -0.4 is 5.32 Å². The van der Waals surface area contributed by atoms with Crippen LogP contribution in [0.15, 0.2) is 0 Å². The lowest BCUT2D eigenvalue weighted by atomic mass is 10.3. The molecule has 0 saturated carbocycles. The maximum atomic E-state index is 11.2. The molecule has 0 amide bonds. The maximum Gasteiger partial charge on any atom is 0.336 e. The van der Waals surface area contributed by atoms with Crippen molar-refractivity contribution >= 4 is 5.97 Å². The minimum absolute atomic E-state index is 0.336. The number of morpholine rings is 1. The summed E-state index contributed by atoms with van der Waals surface area (Å²) in [6, 6.07) is 0. The molecule has 13 heavy (non-hydrogen) atoms. The van der Waals surface area contributed by atoms with Gasteiger partial charge >= 0.3 is 5.97 Å². The van der Waals surface area contributed by atoms with Crippen molar-refractivity contribution in [3.8, 4) is 0 Å². The molecule has 76 valence electrons. The van der Waals surface area contributed by atoms with E-state index in [9.17, 15) is 4.79 Å². The highest BCUT2D eigenvalue weighted by Gasteiger charge is 2.28. The van der Waals surface area contributed by atoms with Crippen molar-refractivity contribution in [2.75, 3.05) is 26.8 Å². The first-order chi connectivity index (χ1) is 6.27. The summed E-state index contributed by atoms with van der Waals surface area (Å²) in [6.45, 7) is 3.23. The minimum atomic E-state index is -0.543. The Balaban J connectivity index is 2.37. The van der Waals surface area contributed by atoms with Gasteiger partial charge in [0.2, 0.25) is 0 Å². The van der Waals surface area contributed by atoms with Gasteiger partial charge in [0.25, 0.3) is 0 Å². The largest absolute Gasteiger partial charge is 0.464 e. The van der Waals surface area contributed by atoms with Gasteiger partial charge in [-0.1, -0.05) is 0 Å². The van der Waals surface area contributed by atoms with Crippen molar-refractivity contribution in [1.29, 1.82) is 0 Å². The smallest absolute Gasteiger partial charge is 0.336 e. The Morgan fingerprint density at radius 1 is 1.62 bits per heavy atom. The quantitative estimate of drug-likeness (QED) is 0.607. The molecule has 2 atom stereocenters. The third-order valence-corrected chi connectivity index (χ3v) is 1.77. The lowest BCUT2D eigenvalue weighted by molar-refractivity contribution is -0.194. The van der Waals surface area contributed by atoms with Gasteiger partial charge in [0.15, 0.2) is 12.4 Å². The van der Waals surface area contributed by atoms with E-state index in [-0.39, 0.29) is 12.3 Å². The predicted molar refractivity (Wildman–Crippen MR) is 45.2 cm³/mol. The fraction of sp³-hybridized carbons (Fsp3) is 0.875. The molecule has 1 aliphatic rings. The first kappa shape index (κ1) is 10.4. The van der Waals surface area contributed by atoms with E-state index >= 15 is 0 Å². The van der Waals surface area contributed by atoms with Gasteiger partial charge < -0.3 is 19.5 Å². The van der Waals surface area contributed by atoms with Crippen molar-refractivity contribution in [3.63, 3.8) is 0 Å². The average Bonchev–Trinajstić information content (AvgIpc) is 2.18. The van der Waals surface area contributed by atoms with E-state index < -0.39 is 6.10 Å². The van der Waals surface area contributed by atoms with Gasteiger partial charge in [0.05, 0.1) is 6.61 Å². The average molecular weight is 189 g/mol. The van der Waals surface area contributed by atoms with E-state index in [1.165, 1.54) is 0 Å². The summed E-state index contributed by atoms with van der Waals surface area (Å²) in [6.07, 6.45) is -0.901. The molecular formula is C8H15NO4. The van der Waals surface area contributed by atoms with E-state index in [0.29, 0.717) is 19.7 Å². The number of hydrogen-bond acceptors (Lipinski definition) is 5. The number of carbonyl (C=O) groups is 1. The number of rotatable bonds is 3. The van der Waals surface area contributed by atoms with Gasteiger partial charge in [0, 0.05) is 20.2 Å². The van der Waals surface area contributed by atoms with Crippen molar-refractivity contribution in [2.45, 2.75) is 19.3 Å². The highest BCUT2D eigenvalue weighted by molar-refractivity contribution is 5.75. The van der Waals surface area contributed by atoms with E-state index in [1.807, 2.05) is 0 Å². The molecule has 0 aliphatic carbocycles. The standard InChI is InChI=1S/C8H15NO4/c1-3-12-8(10)6-4-9-5-7(11-2)13-6/h6-7,9H,3-5H2,1-2H3/t6-,7-/m0/s1. The highest BCUT2D eigenvalue weighted by atomic mass is 16.7. The van der Waals surface area contributed by atoms with Crippen molar-refractivity contribution < 1.29 is 19.0 Å². The Labute approximate surface area is 77.3 Å². The van der Waals surface area contributed by atoms with Crippen molar-refractivity contribution in [1.82, 2.24) is 5.32 Å². The molecule has 0 spiro atoms. The Morgan fingerprint density at radius 3 is 3.00 bits per heavy atom. The van der Waals surface area contributed by atoms with Crippen molar-refractivity contribution in [3.05, 3.63) is 0 Å². The van der Waals surface area contributed by atoms with Gasteiger partial charge in [-0.3, -0.25) is 0 Å². The second-order valence-electron chi connectivity index (χ2n) is 2.70. The number of esters is 1. The summed E-state index contributed by atoms with van der Waals surface area (Å²) in [5.74, 6) is -0.336. The third kappa shape index (κ3) is 2.95. The lowest BCUT2D eigenvalue weighted by Crippen LogP contribution is -2.49.